The zero-order valence-electron chi connectivity index (χ0n) is 11.6. The molecule has 0 aromatic heterocycles. The van der Waals surface area contributed by atoms with Crippen molar-refractivity contribution in [1.29, 1.82) is 0 Å². The van der Waals surface area contributed by atoms with Crippen LogP contribution < -0.4 is 15.4 Å². The van der Waals surface area contributed by atoms with Crippen LogP contribution in [0.25, 0.3) is 0 Å². The van der Waals surface area contributed by atoms with Crippen molar-refractivity contribution in [3.63, 3.8) is 0 Å². The summed E-state index contributed by atoms with van der Waals surface area (Å²) in [5.41, 5.74) is 8.14. The Bertz CT molecular complexity index is 399. The average Bonchev–Trinajstić information content (AvgIpc) is 3.15. The van der Waals surface area contributed by atoms with Gasteiger partial charge in [-0.25, -0.2) is 0 Å². The third-order valence-electron chi connectivity index (χ3n) is 3.48. The van der Waals surface area contributed by atoms with Gasteiger partial charge in [0.15, 0.2) is 0 Å². The van der Waals surface area contributed by atoms with Gasteiger partial charge in [-0.2, -0.15) is 0 Å². The summed E-state index contributed by atoms with van der Waals surface area (Å²) in [7, 11) is 1.67. The fourth-order valence-corrected chi connectivity index (χ4v) is 2.20. The number of nitrogens with zero attached hydrogens (tertiary/aromatic N) is 1. The number of benzene rings is 1. The van der Waals surface area contributed by atoms with Crippen LogP contribution >= 0.6 is 0 Å². The van der Waals surface area contributed by atoms with E-state index in [0.717, 1.165) is 23.9 Å². The van der Waals surface area contributed by atoms with E-state index < -0.39 is 0 Å². The molecule has 1 aliphatic rings. The first-order valence-corrected chi connectivity index (χ1v) is 6.82. The van der Waals surface area contributed by atoms with Crippen LogP contribution in [0.3, 0.4) is 0 Å². The van der Waals surface area contributed by atoms with Crippen molar-refractivity contribution in [3.8, 4) is 5.75 Å². The topological polar surface area (TPSA) is 38.5 Å². The lowest BCUT2D eigenvalue weighted by molar-refractivity contribution is 0.415. The zero-order chi connectivity index (χ0) is 13.1. The minimum absolute atomic E-state index is 0.694. The van der Waals surface area contributed by atoms with Gasteiger partial charge < -0.3 is 15.4 Å². The molecule has 1 aromatic carbocycles. The molecule has 1 aromatic rings. The van der Waals surface area contributed by atoms with Gasteiger partial charge in [-0.3, -0.25) is 0 Å². The van der Waals surface area contributed by atoms with Gasteiger partial charge in [-0.15, -0.1) is 0 Å². The van der Waals surface area contributed by atoms with Crippen LogP contribution in [-0.4, -0.2) is 19.7 Å². The maximum atomic E-state index is 6.15. The molecule has 100 valence electrons. The first kappa shape index (κ1) is 13.1. The summed E-state index contributed by atoms with van der Waals surface area (Å²) in [6, 6.07) is 6.70. The molecule has 18 heavy (non-hydrogen) atoms. The molecule has 0 bridgehead atoms. The van der Waals surface area contributed by atoms with Gasteiger partial charge in [0, 0.05) is 18.7 Å². The van der Waals surface area contributed by atoms with Crippen molar-refractivity contribution in [2.75, 3.05) is 24.3 Å². The summed E-state index contributed by atoms with van der Waals surface area (Å²) in [6.45, 7) is 5.63. The van der Waals surface area contributed by atoms with Crippen molar-refractivity contribution in [1.82, 2.24) is 0 Å². The smallest absolute Gasteiger partial charge is 0.121 e. The molecule has 2 rings (SSSR count). The number of nitrogen functional groups attached to an aromatic ring is 1. The van der Waals surface area contributed by atoms with Gasteiger partial charge in [0.1, 0.15) is 5.75 Å². The van der Waals surface area contributed by atoms with Gasteiger partial charge in [-0.1, -0.05) is 13.8 Å². The highest BCUT2D eigenvalue weighted by molar-refractivity contribution is 5.70. The maximum Gasteiger partial charge on any atom is 0.121 e. The molecule has 0 saturated heterocycles. The lowest BCUT2D eigenvalue weighted by atomic mass is 10.1. The molecule has 0 radical (unpaired) electrons. The van der Waals surface area contributed by atoms with E-state index in [2.05, 4.69) is 24.8 Å². The quantitative estimate of drug-likeness (QED) is 0.785. The first-order chi connectivity index (χ1) is 8.61. The number of rotatable bonds is 6. The van der Waals surface area contributed by atoms with E-state index >= 15 is 0 Å². The first-order valence-electron chi connectivity index (χ1n) is 6.82. The van der Waals surface area contributed by atoms with Crippen molar-refractivity contribution < 1.29 is 4.74 Å². The minimum Gasteiger partial charge on any atom is -0.497 e. The second-order valence-corrected chi connectivity index (χ2v) is 5.53. The molecule has 0 amide bonds. The molecule has 1 fully saturated rings. The lowest BCUT2D eigenvalue weighted by Gasteiger charge is -2.27. The molecule has 0 atom stereocenters. The number of nitrogens with two attached hydrogens (primary N) is 1. The van der Waals surface area contributed by atoms with Crippen LogP contribution in [0.15, 0.2) is 18.2 Å². The molecule has 2 N–H and O–H groups in total. The zero-order valence-corrected chi connectivity index (χ0v) is 11.6. The summed E-state index contributed by atoms with van der Waals surface area (Å²) < 4.78 is 5.21. The summed E-state index contributed by atoms with van der Waals surface area (Å²) in [5.74, 6) is 1.56. The van der Waals surface area contributed by atoms with Gasteiger partial charge in [0.25, 0.3) is 0 Å². The highest BCUT2D eigenvalue weighted by Crippen LogP contribution is 2.36. The Kier molecular flexibility index (Phi) is 4.00. The van der Waals surface area contributed by atoms with Crippen LogP contribution in [-0.2, 0) is 0 Å². The summed E-state index contributed by atoms with van der Waals surface area (Å²) in [4.78, 5) is 2.47. The SMILES string of the molecule is COc1ccc(N(CCC(C)C)C2CC2)c(N)c1. The van der Waals surface area contributed by atoms with Gasteiger partial charge in [0.05, 0.1) is 18.5 Å². The van der Waals surface area contributed by atoms with Crippen molar-refractivity contribution in [3.05, 3.63) is 18.2 Å². The van der Waals surface area contributed by atoms with Crippen LogP contribution in [0.4, 0.5) is 11.4 Å². The second-order valence-electron chi connectivity index (χ2n) is 5.53. The highest BCUT2D eigenvalue weighted by atomic mass is 16.5. The second kappa shape index (κ2) is 5.51. The predicted molar refractivity (Wildman–Crippen MR) is 77.2 cm³/mol. The van der Waals surface area contributed by atoms with E-state index in [1.54, 1.807) is 7.11 Å². The standard InChI is InChI=1S/C15H24N2O/c1-11(2)8-9-17(12-4-5-12)15-7-6-13(18-3)10-14(15)16/h6-7,10-12H,4-5,8-9,16H2,1-3H3. The number of ether oxygens (including phenoxy) is 1. The molecular formula is C15H24N2O. The maximum absolute atomic E-state index is 6.15. The van der Waals surface area contributed by atoms with Crippen molar-refractivity contribution in [2.45, 2.75) is 39.2 Å². The van der Waals surface area contributed by atoms with Gasteiger partial charge in [0.2, 0.25) is 0 Å². The van der Waals surface area contributed by atoms with Crippen molar-refractivity contribution in [2.24, 2.45) is 5.92 Å². The molecule has 0 unspecified atom stereocenters. The lowest BCUT2D eigenvalue weighted by Crippen LogP contribution is -2.28. The molecule has 3 nitrogen and oxygen atoms in total. The monoisotopic (exact) mass is 248 g/mol. The predicted octanol–water partition coefficient (Wildman–Crippen LogP) is 3.29. The Labute approximate surface area is 110 Å². The summed E-state index contributed by atoms with van der Waals surface area (Å²) >= 11 is 0. The van der Waals surface area contributed by atoms with E-state index in [0.29, 0.717) is 6.04 Å². The van der Waals surface area contributed by atoms with E-state index in [4.69, 9.17) is 10.5 Å². The number of methoxy groups -OCH3 is 1. The Hall–Kier alpha value is -1.38. The number of anilines is 2. The molecule has 0 heterocycles. The normalized spacial score (nSPS) is 14.9. The van der Waals surface area contributed by atoms with E-state index in [1.807, 2.05) is 12.1 Å². The van der Waals surface area contributed by atoms with Crippen LogP contribution in [0.5, 0.6) is 5.75 Å². The summed E-state index contributed by atoms with van der Waals surface area (Å²) in [5, 5.41) is 0. The van der Waals surface area contributed by atoms with E-state index in [-0.39, 0.29) is 0 Å². The number of hydrogen-bond donors (Lipinski definition) is 1. The largest absolute Gasteiger partial charge is 0.497 e. The Morgan fingerprint density at radius 2 is 2.11 bits per heavy atom. The van der Waals surface area contributed by atoms with Gasteiger partial charge in [-0.05, 0) is 37.3 Å². The van der Waals surface area contributed by atoms with Crippen LogP contribution in [0.1, 0.15) is 33.1 Å². The Morgan fingerprint density at radius 3 is 2.61 bits per heavy atom. The fraction of sp³-hybridized carbons (Fsp3) is 0.600. The molecular weight excluding hydrogens is 224 g/mol. The number of hydrogen-bond acceptors (Lipinski definition) is 3. The molecule has 3 heteroatoms. The van der Waals surface area contributed by atoms with Crippen LogP contribution in [0.2, 0.25) is 0 Å². The van der Waals surface area contributed by atoms with Crippen molar-refractivity contribution >= 4 is 11.4 Å². The van der Waals surface area contributed by atoms with Crippen LogP contribution in [0, 0.1) is 5.92 Å². The highest BCUT2D eigenvalue weighted by Gasteiger charge is 2.30. The Balaban J connectivity index is 2.14. The molecule has 1 aliphatic carbocycles. The van der Waals surface area contributed by atoms with E-state index in [1.165, 1.54) is 24.9 Å². The average molecular weight is 248 g/mol. The van der Waals surface area contributed by atoms with Gasteiger partial charge >= 0.3 is 0 Å². The summed E-state index contributed by atoms with van der Waals surface area (Å²) in [6.07, 6.45) is 3.80. The third kappa shape index (κ3) is 3.09. The molecule has 0 aliphatic heterocycles. The Morgan fingerprint density at radius 1 is 1.39 bits per heavy atom. The third-order valence-corrected chi connectivity index (χ3v) is 3.48. The minimum atomic E-state index is 0.694. The molecule has 1 saturated carbocycles. The molecule has 0 spiro atoms. The fourth-order valence-electron chi connectivity index (χ4n) is 2.20. The van der Waals surface area contributed by atoms with E-state index in [9.17, 15) is 0 Å².